The van der Waals surface area contributed by atoms with Crippen LogP contribution in [0.3, 0.4) is 0 Å². The van der Waals surface area contributed by atoms with E-state index in [4.69, 9.17) is 13.9 Å². The van der Waals surface area contributed by atoms with E-state index in [-0.39, 0.29) is 22.3 Å². The number of methoxy groups -OCH3 is 1. The highest BCUT2D eigenvalue weighted by molar-refractivity contribution is 6.10. The monoisotopic (exact) mass is 487 g/mol. The zero-order valence-corrected chi connectivity index (χ0v) is 20.1. The van der Waals surface area contributed by atoms with Crippen molar-refractivity contribution in [3.8, 4) is 11.5 Å². The van der Waals surface area contributed by atoms with Gasteiger partial charge in [0.15, 0.2) is 5.43 Å². The van der Waals surface area contributed by atoms with Gasteiger partial charge in [0.2, 0.25) is 5.76 Å². The molecule has 36 heavy (non-hydrogen) atoms. The van der Waals surface area contributed by atoms with E-state index in [1.165, 1.54) is 17.0 Å². The Balaban J connectivity index is 1.63. The zero-order valence-electron chi connectivity index (χ0n) is 20.1. The van der Waals surface area contributed by atoms with Gasteiger partial charge in [0.25, 0.3) is 5.91 Å². The van der Waals surface area contributed by atoms with Crippen molar-refractivity contribution in [3.05, 3.63) is 99.7 Å². The zero-order chi connectivity index (χ0) is 25.2. The lowest BCUT2D eigenvalue weighted by Crippen LogP contribution is -2.29. The maximum Gasteiger partial charge on any atom is 0.295 e. The summed E-state index contributed by atoms with van der Waals surface area (Å²) < 4.78 is 31.1. The van der Waals surface area contributed by atoms with Gasteiger partial charge in [0, 0.05) is 11.8 Å². The number of ether oxygens (including phenoxy) is 2. The van der Waals surface area contributed by atoms with Gasteiger partial charge >= 0.3 is 0 Å². The molecule has 0 saturated carbocycles. The molecule has 2 heterocycles. The molecule has 0 saturated heterocycles. The Morgan fingerprint density at radius 1 is 0.972 bits per heavy atom. The summed E-state index contributed by atoms with van der Waals surface area (Å²) in [5, 5.41) is 0.0925. The highest BCUT2D eigenvalue weighted by Gasteiger charge is 2.43. The molecular formula is C29H26FNO5. The molecule has 1 amide bonds. The van der Waals surface area contributed by atoms with E-state index >= 15 is 0 Å². The fourth-order valence-electron chi connectivity index (χ4n) is 4.58. The lowest BCUT2D eigenvalue weighted by molar-refractivity contribution is 0.0971. The highest BCUT2D eigenvalue weighted by Crippen LogP contribution is 2.42. The number of anilines is 1. The number of amides is 1. The normalized spacial score (nSPS) is 14.8. The van der Waals surface area contributed by atoms with Crippen molar-refractivity contribution in [3.63, 3.8) is 0 Å². The molecule has 1 atom stereocenters. The second-order valence-electron chi connectivity index (χ2n) is 8.72. The van der Waals surface area contributed by atoms with E-state index in [9.17, 15) is 14.0 Å². The molecule has 1 aromatic heterocycles. The van der Waals surface area contributed by atoms with E-state index in [0.29, 0.717) is 29.4 Å². The van der Waals surface area contributed by atoms with E-state index < -0.39 is 23.2 Å². The lowest BCUT2D eigenvalue weighted by Gasteiger charge is -2.25. The Morgan fingerprint density at radius 2 is 1.78 bits per heavy atom. The van der Waals surface area contributed by atoms with E-state index in [0.717, 1.165) is 25.3 Å². The van der Waals surface area contributed by atoms with E-state index in [1.807, 2.05) is 24.3 Å². The highest BCUT2D eigenvalue weighted by atomic mass is 19.1. The molecule has 5 rings (SSSR count). The minimum atomic E-state index is -0.766. The smallest absolute Gasteiger partial charge is 0.295 e. The van der Waals surface area contributed by atoms with Crippen LogP contribution in [-0.4, -0.2) is 19.6 Å². The molecule has 0 radical (unpaired) electrons. The first-order valence-corrected chi connectivity index (χ1v) is 12.0. The van der Waals surface area contributed by atoms with Crippen LogP contribution in [0, 0.1) is 5.82 Å². The Labute approximate surface area is 207 Å². The van der Waals surface area contributed by atoms with Gasteiger partial charge < -0.3 is 13.9 Å². The number of nitrogens with zero attached hydrogens (tertiary/aromatic N) is 1. The van der Waals surface area contributed by atoms with E-state index in [2.05, 4.69) is 6.92 Å². The minimum Gasteiger partial charge on any atom is -0.497 e. The van der Waals surface area contributed by atoms with Crippen molar-refractivity contribution in [2.45, 2.75) is 32.2 Å². The van der Waals surface area contributed by atoms with Gasteiger partial charge in [-0.3, -0.25) is 14.5 Å². The summed E-state index contributed by atoms with van der Waals surface area (Å²) in [4.78, 5) is 28.8. The van der Waals surface area contributed by atoms with Gasteiger partial charge in [0.05, 0.1) is 30.7 Å². The minimum absolute atomic E-state index is 0.0492. The quantitative estimate of drug-likeness (QED) is 0.275. The third-order valence-electron chi connectivity index (χ3n) is 6.38. The summed E-state index contributed by atoms with van der Waals surface area (Å²) in [6.07, 6.45) is 3.18. The average molecular weight is 488 g/mol. The molecule has 6 nitrogen and oxygen atoms in total. The molecule has 0 N–H and O–H groups in total. The number of benzene rings is 3. The molecule has 184 valence electrons. The van der Waals surface area contributed by atoms with Crippen LogP contribution >= 0.6 is 0 Å². The van der Waals surface area contributed by atoms with Crippen molar-refractivity contribution >= 4 is 22.6 Å². The lowest BCUT2D eigenvalue weighted by atomic mass is 9.98. The first-order valence-electron chi connectivity index (χ1n) is 12.0. The van der Waals surface area contributed by atoms with Gasteiger partial charge in [-0.1, -0.05) is 38.0 Å². The summed E-state index contributed by atoms with van der Waals surface area (Å²) in [6, 6.07) is 17.3. The van der Waals surface area contributed by atoms with Gasteiger partial charge in [0.1, 0.15) is 22.9 Å². The number of fused-ring (bicyclic) bond motifs is 2. The largest absolute Gasteiger partial charge is 0.497 e. The molecule has 4 aromatic rings. The van der Waals surface area contributed by atoms with Crippen LogP contribution in [0.25, 0.3) is 11.0 Å². The summed E-state index contributed by atoms with van der Waals surface area (Å²) in [7, 11) is 1.54. The number of carbonyl (C=O) groups excluding carboxylic acids is 1. The predicted molar refractivity (Wildman–Crippen MR) is 136 cm³/mol. The maximum absolute atomic E-state index is 14.0. The van der Waals surface area contributed by atoms with Gasteiger partial charge in [-0.25, -0.2) is 4.39 Å². The standard InChI is InChI=1S/C29H26FNO5/c1-3-4-5-15-35-21-12-9-18(10-13-21)26-25-27(32)23-16-19(30)11-14-24(23)36-28(25)29(33)31(26)20-7-6-8-22(17-20)34-2/h6-14,16-17,26H,3-5,15H2,1-2H3. The number of unbranched alkanes of at least 4 members (excludes halogenated alkanes) is 2. The molecule has 3 aromatic carbocycles. The third kappa shape index (κ3) is 4.21. The maximum atomic E-state index is 14.0. The number of hydrogen-bond acceptors (Lipinski definition) is 5. The number of carbonyl (C=O) groups is 1. The van der Waals surface area contributed by atoms with Gasteiger partial charge in [-0.2, -0.15) is 0 Å². The topological polar surface area (TPSA) is 69.0 Å². The number of rotatable bonds is 8. The Kier molecular flexibility index (Phi) is 6.46. The average Bonchev–Trinajstić information content (AvgIpc) is 3.20. The van der Waals surface area contributed by atoms with E-state index in [1.54, 1.807) is 31.4 Å². The van der Waals surface area contributed by atoms with Crippen LogP contribution < -0.4 is 19.8 Å². The van der Waals surface area contributed by atoms with Crippen molar-refractivity contribution in [2.24, 2.45) is 0 Å². The summed E-state index contributed by atoms with van der Waals surface area (Å²) >= 11 is 0. The Morgan fingerprint density at radius 3 is 2.53 bits per heavy atom. The van der Waals surface area contributed by atoms with Gasteiger partial charge in [-0.05, 0) is 54.4 Å². The first kappa shape index (κ1) is 23.6. The SMILES string of the molecule is CCCCCOc1ccc(C2c3c(oc4ccc(F)cc4c3=O)C(=O)N2c2cccc(OC)c2)cc1. The first-order chi connectivity index (χ1) is 17.5. The molecule has 0 aliphatic carbocycles. The summed E-state index contributed by atoms with van der Waals surface area (Å²) in [6.45, 7) is 2.76. The summed E-state index contributed by atoms with van der Waals surface area (Å²) in [5.74, 6) is 0.223. The van der Waals surface area contributed by atoms with Crippen LogP contribution in [0.1, 0.15) is 53.9 Å². The molecule has 1 aliphatic rings. The van der Waals surface area contributed by atoms with Crippen molar-refractivity contribution in [2.75, 3.05) is 18.6 Å². The second kappa shape index (κ2) is 9.85. The molecule has 0 bridgehead atoms. The molecule has 1 aliphatic heterocycles. The van der Waals surface area contributed by atoms with Crippen LogP contribution in [0.5, 0.6) is 11.5 Å². The van der Waals surface area contributed by atoms with Crippen LogP contribution in [0.15, 0.2) is 75.9 Å². The summed E-state index contributed by atoms with van der Waals surface area (Å²) in [5.41, 5.74) is 1.15. The van der Waals surface area contributed by atoms with Crippen LogP contribution in [0.4, 0.5) is 10.1 Å². The molecular weight excluding hydrogens is 461 g/mol. The van der Waals surface area contributed by atoms with Crippen molar-refractivity contribution in [1.29, 1.82) is 0 Å². The van der Waals surface area contributed by atoms with Crippen LogP contribution in [0.2, 0.25) is 0 Å². The Hall–Kier alpha value is -4.13. The second-order valence-corrected chi connectivity index (χ2v) is 8.72. The molecule has 7 heteroatoms. The molecule has 0 fully saturated rings. The van der Waals surface area contributed by atoms with Crippen molar-refractivity contribution in [1.82, 2.24) is 0 Å². The third-order valence-corrected chi connectivity index (χ3v) is 6.38. The number of hydrogen-bond donors (Lipinski definition) is 0. The fraction of sp³-hybridized carbons (Fsp3) is 0.241. The number of halogens is 1. The predicted octanol–water partition coefficient (Wildman–Crippen LogP) is 6.26. The fourth-order valence-corrected chi connectivity index (χ4v) is 4.58. The van der Waals surface area contributed by atoms with Crippen LogP contribution in [-0.2, 0) is 0 Å². The molecule has 0 spiro atoms. The molecule has 1 unspecified atom stereocenters. The van der Waals surface area contributed by atoms with Crippen molar-refractivity contribution < 1.29 is 23.1 Å². The van der Waals surface area contributed by atoms with Gasteiger partial charge in [-0.15, -0.1) is 0 Å². The Bertz CT molecular complexity index is 1480.